The van der Waals surface area contributed by atoms with Gasteiger partial charge >= 0.3 is 0 Å². The quantitative estimate of drug-likeness (QED) is 0.543. The zero-order valence-corrected chi connectivity index (χ0v) is 11.8. The van der Waals surface area contributed by atoms with Gasteiger partial charge < -0.3 is 10.4 Å². The molecule has 0 aliphatic rings. The highest BCUT2D eigenvalue weighted by atomic mass is 16.3. The van der Waals surface area contributed by atoms with Crippen molar-refractivity contribution in [3.05, 3.63) is 12.7 Å². The van der Waals surface area contributed by atoms with E-state index < -0.39 is 0 Å². The third kappa shape index (κ3) is 8.36. The number of aliphatic hydroxyl groups excluding tert-OH is 1. The molecule has 0 aliphatic carbocycles. The lowest BCUT2D eigenvalue weighted by Crippen LogP contribution is -2.44. The molecule has 3 nitrogen and oxygen atoms in total. The van der Waals surface area contributed by atoms with Crippen molar-refractivity contribution in [2.75, 3.05) is 32.8 Å². The highest BCUT2D eigenvalue weighted by Gasteiger charge is 2.15. The van der Waals surface area contributed by atoms with Gasteiger partial charge in [-0.05, 0) is 18.9 Å². The Hall–Kier alpha value is -0.380. The topological polar surface area (TPSA) is 35.5 Å². The summed E-state index contributed by atoms with van der Waals surface area (Å²) < 4.78 is 0. The predicted molar refractivity (Wildman–Crippen MR) is 75.3 cm³/mol. The highest BCUT2D eigenvalue weighted by Crippen LogP contribution is 2.06. The van der Waals surface area contributed by atoms with Crippen LogP contribution in [0.4, 0.5) is 0 Å². The minimum atomic E-state index is 0.220. The molecule has 0 aliphatic heterocycles. The fourth-order valence-corrected chi connectivity index (χ4v) is 2.00. The molecule has 0 bridgehead atoms. The van der Waals surface area contributed by atoms with E-state index in [1.807, 2.05) is 6.08 Å². The van der Waals surface area contributed by atoms with Crippen LogP contribution in [0.5, 0.6) is 0 Å². The molecular weight excluding hydrogens is 212 g/mol. The van der Waals surface area contributed by atoms with Crippen LogP contribution in [0.25, 0.3) is 0 Å². The molecule has 0 saturated carbocycles. The summed E-state index contributed by atoms with van der Waals surface area (Å²) in [6, 6.07) is 0.504. The van der Waals surface area contributed by atoms with Crippen LogP contribution in [0, 0.1) is 5.92 Å². The zero-order chi connectivity index (χ0) is 13.1. The third-order valence-electron chi connectivity index (χ3n) is 2.82. The van der Waals surface area contributed by atoms with E-state index in [-0.39, 0.29) is 6.61 Å². The lowest BCUT2D eigenvalue weighted by molar-refractivity contribution is 0.154. The van der Waals surface area contributed by atoms with Crippen molar-refractivity contribution in [1.82, 2.24) is 10.2 Å². The SMILES string of the molecule is C=CCN(CCO)C(CCC)CNCC(C)C. The zero-order valence-electron chi connectivity index (χ0n) is 11.8. The molecule has 102 valence electrons. The van der Waals surface area contributed by atoms with Crippen molar-refractivity contribution in [3.8, 4) is 0 Å². The van der Waals surface area contributed by atoms with E-state index in [2.05, 4.69) is 37.6 Å². The maximum absolute atomic E-state index is 9.10. The number of aliphatic hydroxyl groups is 1. The monoisotopic (exact) mass is 242 g/mol. The Morgan fingerprint density at radius 2 is 2.06 bits per heavy atom. The van der Waals surface area contributed by atoms with Gasteiger partial charge in [0.15, 0.2) is 0 Å². The van der Waals surface area contributed by atoms with Gasteiger partial charge in [-0.3, -0.25) is 4.90 Å². The molecule has 1 atom stereocenters. The number of rotatable bonds is 11. The second-order valence-corrected chi connectivity index (χ2v) is 5.00. The van der Waals surface area contributed by atoms with Gasteiger partial charge in [0.1, 0.15) is 0 Å². The maximum Gasteiger partial charge on any atom is 0.0558 e. The van der Waals surface area contributed by atoms with E-state index in [1.54, 1.807) is 0 Å². The Kier molecular flexibility index (Phi) is 10.5. The molecule has 0 fully saturated rings. The minimum absolute atomic E-state index is 0.220. The fraction of sp³-hybridized carbons (Fsp3) is 0.857. The van der Waals surface area contributed by atoms with E-state index in [9.17, 15) is 0 Å². The molecule has 0 radical (unpaired) electrons. The van der Waals surface area contributed by atoms with Crippen LogP contribution < -0.4 is 5.32 Å². The average molecular weight is 242 g/mol. The number of hydrogen-bond acceptors (Lipinski definition) is 3. The molecule has 0 heterocycles. The van der Waals surface area contributed by atoms with Gasteiger partial charge in [-0.15, -0.1) is 6.58 Å². The standard InChI is InChI=1S/C14H30N2O/c1-5-7-14(12-15-11-13(3)4)16(8-6-2)9-10-17/h6,13-15,17H,2,5,7-12H2,1,3-4H3. The van der Waals surface area contributed by atoms with Crippen molar-refractivity contribution in [3.63, 3.8) is 0 Å². The van der Waals surface area contributed by atoms with Crippen LogP contribution in [-0.2, 0) is 0 Å². The van der Waals surface area contributed by atoms with E-state index >= 15 is 0 Å². The van der Waals surface area contributed by atoms with E-state index in [1.165, 1.54) is 12.8 Å². The Bertz CT molecular complexity index is 183. The summed E-state index contributed by atoms with van der Waals surface area (Å²) in [6.07, 6.45) is 4.26. The summed E-state index contributed by atoms with van der Waals surface area (Å²) in [6.45, 7) is 14.3. The van der Waals surface area contributed by atoms with Crippen LogP contribution in [-0.4, -0.2) is 48.8 Å². The predicted octanol–water partition coefficient (Wildman–Crippen LogP) is 1.88. The summed E-state index contributed by atoms with van der Waals surface area (Å²) in [5, 5.41) is 12.6. The Morgan fingerprint density at radius 3 is 2.53 bits per heavy atom. The van der Waals surface area contributed by atoms with Gasteiger partial charge in [0.2, 0.25) is 0 Å². The lowest BCUT2D eigenvalue weighted by atomic mass is 10.1. The number of hydrogen-bond donors (Lipinski definition) is 2. The number of nitrogens with zero attached hydrogens (tertiary/aromatic N) is 1. The van der Waals surface area contributed by atoms with Crippen LogP contribution in [0.3, 0.4) is 0 Å². The van der Waals surface area contributed by atoms with Crippen molar-refractivity contribution in [1.29, 1.82) is 0 Å². The van der Waals surface area contributed by atoms with Gasteiger partial charge in [0.25, 0.3) is 0 Å². The first-order chi connectivity index (χ1) is 8.15. The molecule has 3 heteroatoms. The fourth-order valence-electron chi connectivity index (χ4n) is 2.00. The molecule has 17 heavy (non-hydrogen) atoms. The molecule has 0 spiro atoms. The summed E-state index contributed by atoms with van der Waals surface area (Å²) in [7, 11) is 0. The highest BCUT2D eigenvalue weighted by molar-refractivity contribution is 4.80. The molecule has 0 amide bonds. The molecule has 0 aromatic carbocycles. The second-order valence-electron chi connectivity index (χ2n) is 5.00. The molecule has 0 aromatic heterocycles. The first-order valence-corrected chi connectivity index (χ1v) is 6.82. The summed E-state index contributed by atoms with van der Waals surface area (Å²) in [5.41, 5.74) is 0. The normalized spacial score (nSPS) is 13.3. The molecule has 0 saturated heterocycles. The molecule has 0 rings (SSSR count). The molecule has 1 unspecified atom stereocenters. The molecule has 2 N–H and O–H groups in total. The van der Waals surface area contributed by atoms with Crippen molar-refractivity contribution >= 4 is 0 Å². The van der Waals surface area contributed by atoms with Crippen LogP contribution in [0.2, 0.25) is 0 Å². The summed E-state index contributed by atoms with van der Waals surface area (Å²) in [5.74, 6) is 0.683. The van der Waals surface area contributed by atoms with Gasteiger partial charge in [-0.1, -0.05) is 33.3 Å². The Labute approximate surface area is 107 Å². The molecular formula is C14H30N2O. The largest absolute Gasteiger partial charge is 0.395 e. The first kappa shape index (κ1) is 16.6. The summed E-state index contributed by atoms with van der Waals surface area (Å²) in [4.78, 5) is 2.31. The Morgan fingerprint density at radius 1 is 1.35 bits per heavy atom. The van der Waals surface area contributed by atoms with Crippen molar-refractivity contribution in [2.45, 2.75) is 39.7 Å². The second kappa shape index (κ2) is 10.8. The van der Waals surface area contributed by atoms with Crippen LogP contribution in [0.1, 0.15) is 33.6 Å². The van der Waals surface area contributed by atoms with E-state index in [0.717, 1.165) is 26.2 Å². The van der Waals surface area contributed by atoms with Gasteiger partial charge in [-0.25, -0.2) is 0 Å². The Balaban J connectivity index is 4.17. The lowest BCUT2D eigenvalue weighted by Gasteiger charge is -2.30. The van der Waals surface area contributed by atoms with Crippen LogP contribution in [0.15, 0.2) is 12.7 Å². The average Bonchev–Trinajstić information content (AvgIpc) is 2.27. The van der Waals surface area contributed by atoms with E-state index in [4.69, 9.17) is 5.11 Å². The van der Waals surface area contributed by atoms with Gasteiger partial charge in [-0.2, -0.15) is 0 Å². The first-order valence-electron chi connectivity index (χ1n) is 6.82. The van der Waals surface area contributed by atoms with Crippen LogP contribution >= 0.6 is 0 Å². The van der Waals surface area contributed by atoms with Crippen molar-refractivity contribution < 1.29 is 5.11 Å². The van der Waals surface area contributed by atoms with Crippen molar-refractivity contribution in [2.24, 2.45) is 5.92 Å². The summed E-state index contributed by atoms with van der Waals surface area (Å²) >= 11 is 0. The smallest absolute Gasteiger partial charge is 0.0558 e. The maximum atomic E-state index is 9.10. The molecule has 0 aromatic rings. The minimum Gasteiger partial charge on any atom is -0.395 e. The third-order valence-corrected chi connectivity index (χ3v) is 2.82. The van der Waals surface area contributed by atoms with Gasteiger partial charge in [0.05, 0.1) is 6.61 Å². The van der Waals surface area contributed by atoms with E-state index in [0.29, 0.717) is 12.0 Å². The van der Waals surface area contributed by atoms with Gasteiger partial charge in [0, 0.05) is 25.7 Å². The number of nitrogens with one attached hydrogen (secondary N) is 1.